The first-order valence-corrected chi connectivity index (χ1v) is 16.6. The number of carbonyl (C=O) groups excluding carboxylic acids is 1. The van der Waals surface area contributed by atoms with Gasteiger partial charge in [-0.2, -0.15) is 4.31 Å². The number of hydrogen-bond acceptors (Lipinski definition) is 9. The lowest BCUT2D eigenvalue weighted by Gasteiger charge is -2.32. The van der Waals surface area contributed by atoms with E-state index in [0.29, 0.717) is 30.6 Å². The summed E-state index contributed by atoms with van der Waals surface area (Å²) in [6.07, 6.45) is -3.03. The van der Waals surface area contributed by atoms with Gasteiger partial charge >= 0.3 is 6.09 Å². The molecule has 2 aromatic carbocycles. The molecule has 6 rings (SSSR count). The molecule has 45 heavy (non-hydrogen) atoms. The lowest BCUT2D eigenvalue weighted by Crippen LogP contribution is -2.52. The molecule has 4 fully saturated rings. The Morgan fingerprint density at radius 1 is 1.07 bits per heavy atom. The minimum Gasteiger partial charge on any atom is -0.495 e. The highest BCUT2D eigenvalue weighted by Gasteiger charge is 2.74. The molecule has 4 N–H and O–H groups in total. The SMILES string of the molecule is COc1cc(S(=O)(=O)N(CC(C)C)C[C@@H](O)[C@H](Cc2ccc(F)c(F)c2)NC(=O)OC2C3COC4OCC5C2C5C43)ccc1N. The molecule has 2 aromatic rings. The summed E-state index contributed by atoms with van der Waals surface area (Å²) in [5.74, 6) is -1.00. The van der Waals surface area contributed by atoms with Crippen molar-refractivity contribution in [3.8, 4) is 5.75 Å². The van der Waals surface area contributed by atoms with Crippen LogP contribution in [0.1, 0.15) is 19.4 Å². The average molecular weight is 652 g/mol. The average Bonchev–Trinajstić information content (AvgIpc) is 3.37. The summed E-state index contributed by atoms with van der Waals surface area (Å²) in [5.41, 5.74) is 6.44. The molecule has 246 valence electrons. The molecule has 0 bridgehead atoms. The maximum absolute atomic E-state index is 14.1. The molecule has 2 saturated carbocycles. The number of aliphatic hydroxyl groups is 1. The molecule has 0 spiro atoms. The van der Waals surface area contributed by atoms with Gasteiger partial charge in [0, 0.05) is 36.9 Å². The van der Waals surface area contributed by atoms with Gasteiger partial charge in [0.1, 0.15) is 11.9 Å². The van der Waals surface area contributed by atoms with Gasteiger partial charge in [0.05, 0.1) is 43.1 Å². The van der Waals surface area contributed by atoms with Crippen molar-refractivity contribution in [1.29, 1.82) is 0 Å². The van der Waals surface area contributed by atoms with Crippen LogP contribution in [0.5, 0.6) is 5.75 Å². The summed E-state index contributed by atoms with van der Waals surface area (Å²) < 4.78 is 79.3. The van der Waals surface area contributed by atoms with Gasteiger partial charge < -0.3 is 35.1 Å². The van der Waals surface area contributed by atoms with Gasteiger partial charge in [-0.1, -0.05) is 19.9 Å². The van der Waals surface area contributed by atoms with Crippen LogP contribution >= 0.6 is 0 Å². The second-order valence-electron chi connectivity index (χ2n) is 12.9. The van der Waals surface area contributed by atoms with Crippen LogP contribution in [0.25, 0.3) is 0 Å². The fourth-order valence-electron chi connectivity index (χ4n) is 7.41. The molecular formula is C31H39F2N3O8S. The molecule has 2 heterocycles. The molecule has 9 atom stereocenters. The number of benzene rings is 2. The zero-order valence-electron chi connectivity index (χ0n) is 25.3. The summed E-state index contributed by atoms with van der Waals surface area (Å²) >= 11 is 0. The molecule has 7 unspecified atom stereocenters. The van der Waals surface area contributed by atoms with Gasteiger partial charge in [-0.25, -0.2) is 22.0 Å². The number of halogens is 2. The predicted molar refractivity (Wildman–Crippen MR) is 157 cm³/mol. The van der Waals surface area contributed by atoms with Crippen molar-refractivity contribution in [3.05, 3.63) is 53.6 Å². The minimum atomic E-state index is -4.16. The molecule has 0 radical (unpaired) electrons. The first-order valence-electron chi connectivity index (χ1n) is 15.1. The summed E-state index contributed by atoms with van der Waals surface area (Å²) in [4.78, 5) is 13.3. The van der Waals surface area contributed by atoms with Gasteiger partial charge in [0.15, 0.2) is 17.9 Å². The normalized spacial score (nSPS) is 29.4. The summed E-state index contributed by atoms with van der Waals surface area (Å²) in [6, 6.07) is 6.25. The third-order valence-electron chi connectivity index (χ3n) is 9.51. The molecule has 1 amide bonds. The van der Waals surface area contributed by atoms with Crippen molar-refractivity contribution in [1.82, 2.24) is 9.62 Å². The van der Waals surface area contributed by atoms with E-state index < -0.39 is 46.4 Å². The fourth-order valence-corrected chi connectivity index (χ4v) is 9.05. The van der Waals surface area contributed by atoms with Crippen LogP contribution in [0.4, 0.5) is 19.3 Å². The highest BCUT2D eigenvalue weighted by Crippen LogP contribution is 2.68. The van der Waals surface area contributed by atoms with E-state index in [1.165, 1.54) is 31.4 Å². The van der Waals surface area contributed by atoms with E-state index in [1.807, 2.05) is 13.8 Å². The number of nitrogen functional groups attached to an aromatic ring is 1. The number of alkyl carbamates (subject to hydrolysis) is 1. The maximum Gasteiger partial charge on any atom is 0.407 e. The van der Waals surface area contributed by atoms with Crippen LogP contribution in [0.2, 0.25) is 0 Å². The van der Waals surface area contributed by atoms with E-state index >= 15 is 0 Å². The number of aliphatic hydroxyl groups excluding tert-OH is 1. The second-order valence-corrected chi connectivity index (χ2v) is 14.8. The topological polar surface area (TPSA) is 150 Å². The van der Waals surface area contributed by atoms with Crippen LogP contribution < -0.4 is 15.8 Å². The number of fused-ring (bicyclic) bond motifs is 1. The molecule has 0 aromatic heterocycles. The minimum absolute atomic E-state index is 0.00504. The van der Waals surface area contributed by atoms with Crippen molar-refractivity contribution in [2.24, 2.45) is 35.5 Å². The Morgan fingerprint density at radius 3 is 2.49 bits per heavy atom. The standard InChI is InChI=1S/C31H39F2N3O8S/c1-15(2)11-36(45(39,40)17-5-7-22(34)25(10-17)41-3)12-24(37)23(9-16-4-6-20(32)21(33)8-16)35-31(38)44-29-19-14-43-30-28(19)26-18(13-42-30)27(26)29/h4-8,10,15,18-19,23-24,26-30,37H,9,11-14,34H2,1-3H3,(H,35,38)/t18?,19?,23-,24+,26?,27?,28?,29?,30?/m0/s1. The number of nitrogens with zero attached hydrogens (tertiary/aromatic N) is 1. The van der Waals surface area contributed by atoms with Crippen molar-refractivity contribution in [3.63, 3.8) is 0 Å². The zero-order chi connectivity index (χ0) is 32.2. The Morgan fingerprint density at radius 2 is 1.80 bits per heavy atom. The van der Waals surface area contributed by atoms with Gasteiger partial charge in [0.25, 0.3) is 0 Å². The van der Waals surface area contributed by atoms with Crippen LogP contribution in [0.15, 0.2) is 41.3 Å². The molecular weight excluding hydrogens is 612 g/mol. The van der Waals surface area contributed by atoms with Crippen molar-refractivity contribution >= 4 is 21.8 Å². The van der Waals surface area contributed by atoms with Gasteiger partial charge in [0.2, 0.25) is 10.0 Å². The summed E-state index contributed by atoms with van der Waals surface area (Å²) in [5, 5.41) is 14.2. The number of rotatable bonds is 12. The maximum atomic E-state index is 14.1. The molecule has 4 aliphatic rings. The third kappa shape index (κ3) is 6.10. The van der Waals surface area contributed by atoms with Crippen molar-refractivity contribution in [2.45, 2.75) is 49.7 Å². The van der Waals surface area contributed by atoms with Gasteiger partial charge in [-0.15, -0.1) is 0 Å². The number of nitrogens with one attached hydrogen (secondary N) is 1. The first kappa shape index (κ1) is 31.9. The van der Waals surface area contributed by atoms with E-state index in [4.69, 9.17) is 24.7 Å². The molecule has 11 nitrogen and oxygen atoms in total. The predicted octanol–water partition coefficient (Wildman–Crippen LogP) is 2.76. The largest absolute Gasteiger partial charge is 0.495 e. The van der Waals surface area contributed by atoms with Crippen LogP contribution in [0.3, 0.4) is 0 Å². The number of carbonyl (C=O) groups is 1. The number of ether oxygens (including phenoxy) is 4. The number of methoxy groups -OCH3 is 1. The Hall–Kier alpha value is -3.04. The number of amides is 1. The van der Waals surface area contributed by atoms with Crippen molar-refractivity contribution < 1.29 is 46.0 Å². The molecule has 2 saturated heterocycles. The van der Waals surface area contributed by atoms with E-state index in [2.05, 4.69) is 5.32 Å². The Bertz CT molecular complexity index is 1540. The molecule has 2 aliphatic heterocycles. The lowest BCUT2D eigenvalue weighted by atomic mass is 9.88. The third-order valence-corrected chi connectivity index (χ3v) is 11.3. The summed E-state index contributed by atoms with van der Waals surface area (Å²) in [7, 11) is -2.79. The number of nitrogens with two attached hydrogens (primary N) is 1. The number of sulfonamides is 1. The van der Waals surface area contributed by atoms with Crippen LogP contribution in [0, 0.1) is 47.1 Å². The second kappa shape index (κ2) is 12.3. The Labute approximate surface area is 261 Å². The fraction of sp³-hybridized carbons (Fsp3) is 0.581. The quantitative estimate of drug-likeness (QED) is 0.295. The molecule has 14 heteroatoms. The first-order chi connectivity index (χ1) is 21.4. The zero-order valence-corrected chi connectivity index (χ0v) is 26.1. The summed E-state index contributed by atoms with van der Waals surface area (Å²) in [6.45, 7) is 4.28. The Kier molecular flexibility index (Phi) is 8.72. The smallest absolute Gasteiger partial charge is 0.407 e. The monoisotopic (exact) mass is 651 g/mol. The highest BCUT2D eigenvalue weighted by atomic mass is 32.2. The molecule has 2 aliphatic carbocycles. The van der Waals surface area contributed by atoms with Crippen LogP contribution in [-0.2, 0) is 30.7 Å². The Balaban J connectivity index is 1.22. The van der Waals surface area contributed by atoms with E-state index in [9.17, 15) is 27.1 Å². The van der Waals surface area contributed by atoms with Gasteiger partial charge in [-0.05, 0) is 54.0 Å². The highest BCUT2D eigenvalue weighted by molar-refractivity contribution is 7.89. The number of anilines is 1. The number of hydrogen-bond donors (Lipinski definition) is 3. The van der Waals surface area contributed by atoms with Crippen LogP contribution in [-0.4, -0.2) is 81.9 Å². The van der Waals surface area contributed by atoms with Crippen molar-refractivity contribution in [2.75, 3.05) is 39.1 Å². The van der Waals surface area contributed by atoms with Gasteiger partial charge in [-0.3, -0.25) is 0 Å². The lowest BCUT2D eigenvalue weighted by molar-refractivity contribution is -0.155. The van der Waals surface area contributed by atoms with E-state index in [-0.39, 0.29) is 65.4 Å². The van der Waals surface area contributed by atoms with E-state index in [1.54, 1.807) is 0 Å². The van der Waals surface area contributed by atoms with E-state index in [0.717, 1.165) is 16.4 Å².